The van der Waals surface area contributed by atoms with Crippen LogP contribution < -0.4 is 10.9 Å². The molecule has 0 spiro atoms. The normalized spacial score (nSPS) is 11.7. The smallest absolute Gasteiger partial charge is 0.253 e. The van der Waals surface area contributed by atoms with Crippen molar-refractivity contribution in [2.75, 3.05) is 14.1 Å². The van der Waals surface area contributed by atoms with E-state index in [0.717, 1.165) is 15.2 Å². The Balaban J connectivity index is 1.75. The molecule has 0 atom stereocenters. The molecule has 0 saturated carbocycles. The number of fused-ring (bicyclic) bond motifs is 1. The third kappa shape index (κ3) is 3.91. The summed E-state index contributed by atoms with van der Waals surface area (Å²) in [5, 5.41) is 3.56. The number of rotatable bonds is 5. The zero-order chi connectivity index (χ0) is 19.6. The van der Waals surface area contributed by atoms with Crippen LogP contribution in [0.1, 0.15) is 15.9 Å². The molecular formula is C19H19N3O4S. The maximum atomic E-state index is 12.3. The molecular weight excluding hydrogens is 366 g/mol. The van der Waals surface area contributed by atoms with Crippen LogP contribution in [0.15, 0.2) is 64.3 Å². The number of para-hydroxylation sites is 1. The predicted molar refractivity (Wildman–Crippen MR) is 103 cm³/mol. The molecule has 0 bridgehead atoms. The first-order valence-electron chi connectivity index (χ1n) is 8.21. The van der Waals surface area contributed by atoms with Gasteiger partial charge in [0, 0.05) is 37.3 Å². The van der Waals surface area contributed by atoms with Crippen LogP contribution in [0.25, 0.3) is 10.9 Å². The maximum Gasteiger partial charge on any atom is 0.253 e. The third-order valence-electron chi connectivity index (χ3n) is 4.16. The van der Waals surface area contributed by atoms with E-state index in [4.69, 9.17) is 0 Å². The number of carbonyl (C=O) groups is 1. The molecule has 7 nitrogen and oxygen atoms in total. The molecule has 0 aliphatic heterocycles. The number of hydrogen-bond acceptors (Lipinski definition) is 4. The van der Waals surface area contributed by atoms with Gasteiger partial charge >= 0.3 is 0 Å². The van der Waals surface area contributed by atoms with E-state index in [1.54, 1.807) is 6.07 Å². The monoisotopic (exact) mass is 385 g/mol. The first kappa shape index (κ1) is 18.8. The summed E-state index contributed by atoms with van der Waals surface area (Å²) >= 11 is 0. The molecule has 27 heavy (non-hydrogen) atoms. The van der Waals surface area contributed by atoms with E-state index < -0.39 is 15.9 Å². The molecule has 0 unspecified atom stereocenters. The summed E-state index contributed by atoms with van der Waals surface area (Å²) in [7, 11) is -0.662. The average molecular weight is 385 g/mol. The molecule has 0 saturated heterocycles. The molecule has 8 heteroatoms. The van der Waals surface area contributed by atoms with Crippen molar-refractivity contribution in [3.05, 3.63) is 76.1 Å². The van der Waals surface area contributed by atoms with Gasteiger partial charge in [-0.25, -0.2) is 12.7 Å². The number of nitrogens with one attached hydrogen (secondary N) is 2. The Morgan fingerprint density at radius 2 is 1.74 bits per heavy atom. The van der Waals surface area contributed by atoms with Crippen molar-refractivity contribution in [2.45, 2.75) is 11.4 Å². The van der Waals surface area contributed by atoms with Crippen molar-refractivity contribution >= 4 is 26.8 Å². The van der Waals surface area contributed by atoms with E-state index in [-0.39, 0.29) is 17.0 Å². The molecule has 3 rings (SSSR count). The van der Waals surface area contributed by atoms with E-state index in [1.165, 1.54) is 38.4 Å². The van der Waals surface area contributed by atoms with Crippen molar-refractivity contribution in [1.29, 1.82) is 0 Å². The van der Waals surface area contributed by atoms with Gasteiger partial charge in [0.2, 0.25) is 10.0 Å². The lowest BCUT2D eigenvalue weighted by atomic mass is 10.1. The standard InChI is InChI=1S/C19H19N3O4S/c1-22(2)27(25,26)16-9-7-13(8-10-16)18(23)20-12-15-11-14-5-3-4-6-17(14)21-19(15)24/h3-11H,12H2,1-2H3,(H,20,23)(H,21,24). The number of sulfonamides is 1. The zero-order valence-electron chi connectivity index (χ0n) is 14.9. The predicted octanol–water partition coefficient (Wildman–Crippen LogP) is 1.71. The van der Waals surface area contributed by atoms with Crippen LogP contribution in [-0.4, -0.2) is 37.7 Å². The number of benzene rings is 2. The summed E-state index contributed by atoms with van der Waals surface area (Å²) in [5.74, 6) is -0.392. The van der Waals surface area contributed by atoms with Crippen LogP contribution in [-0.2, 0) is 16.6 Å². The number of carbonyl (C=O) groups excluding carboxylic acids is 1. The molecule has 3 aromatic rings. The Morgan fingerprint density at radius 3 is 2.41 bits per heavy atom. The van der Waals surface area contributed by atoms with Crippen LogP contribution in [0.4, 0.5) is 0 Å². The molecule has 0 radical (unpaired) electrons. The second kappa shape index (κ2) is 7.34. The minimum absolute atomic E-state index is 0.0662. The van der Waals surface area contributed by atoms with Gasteiger partial charge in [0.25, 0.3) is 11.5 Å². The van der Waals surface area contributed by atoms with Crippen LogP contribution in [0.2, 0.25) is 0 Å². The van der Waals surface area contributed by atoms with E-state index >= 15 is 0 Å². The summed E-state index contributed by atoms with van der Waals surface area (Å²) in [5.41, 5.74) is 1.22. The van der Waals surface area contributed by atoms with Crippen molar-refractivity contribution in [3.8, 4) is 0 Å². The Hall–Kier alpha value is -2.97. The first-order chi connectivity index (χ1) is 12.8. The number of pyridine rings is 1. The lowest BCUT2D eigenvalue weighted by Gasteiger charge is -2.11. The van der Waals surface area contributed by atoms with E-state index in [9.17, 15) is 18.0 Å². The largest absolute Gasteiger partial charge is 0.348 e. The molecule has 0 aliphatic rings. The Bertz CT molecular complexity index is 1150. The zero-order valence-corrected chi connectivity index (χ0v) is 15.7. The van der Waals surface area contributed by atoms with Gasteiger partial charge in [-0.05, 0) is 41.8 Å². The molecule has 0 fully saturated rings. The minimum atomic E-state index is -3.54. The number of nitrogens with zero attached hydrogens (tertiary/aromatic N) is 1. The Kier molecular flexibility index (Phi) is 5.11. The van der Waals surface area contributed by atoms with Crippen molar-refractivity contribution in [1.82, 2.24) is 14.6 Å². The van der Waals surface area contributed by atoms with Gasteiger partial charge in [0.15, 0.2) is 0 Å². The highest BCUT2D eigenvalue weighted by Gasteiger charge is 2.17. The highest BCUT2D eigenvalue weighted by molar-refractivity contribution is 7.89. The maximum absolute atomic E-state index is 12.3. The van der Waals surface area contributed by atoms with Crippen molar-refractivity contribution in [3.63, 3.8) is 0 Å². The average Bonchev–Trinajstić information content (AvgIpc) is 2.66. The lowest BCUT2D eigenvalue weighted by Crippen LogP contribution is -2.27. The Labute approximate surface area is 156 Å². The van der Waals surface area contributed by atoms with Gasteiger partial charge in [-0.15, -0.1) is 0 Å². The topological polar surface area (TPSA) is 99.3 Å². The van der Waals surface area contributed by atoms with Gasteiger partial charge in [0.1, 0.15) is 0 Å². The van der Waals surface area contributed by atoms with Gasteiger partial charge in [-0.3, -0.25) is 9.59 Å². The molecule has 140 valence electrons. The van der Waals surface area contributed by atoms with E-state index in [0.29, 0.717) is 11.1 Å². The lowest BCUT2D eigenvalue weighted by molar-refractivity contribution is 0.0950. The summed E-state index contributed by atoms with van der Waals surface area (Å²) < 4.78 is 25.2. The van der Waals surface area contributed by atoms with Crippen LogP contribution >= 0.6 is 0 Å². The number of amides is 1. The summed E-state index contributed by atoms with van der Waals surface area (Å²) in [4.78, 5) is 27.3. The highest BCUT2D eigenvalue weighted by atomic mass is 32.2. The van der Waals surface area contributed by atoms with E-state index in [1.807, 2.05) is 24.3 Å². The number of aromatic nitrogens is 1. The molecule has 1 aromatic heterocycles. The van der Waals surface area contributed by atoms with Gasteiger partial charge < -0.3 is 10.3 Å². The highest BCUT2D eigenvalue weighted by Crippen LogP contribution is 2.14. The van der Waals surface area contributed by atoms with Gasteiger partial charge in [0.05, 0.1) is 4.90 Å². The van der Waals surface area contributed by atoms with E-state index in [2.05, 4.69) is 10.3 Å². The van der Waals surface area contributed by atoms with Crippen LogP contribution in [0.3, 0.4) is 0 Å². The summed E-state index contributed by atoms with van der Waals surface area (Å²) in [6.45, 7) is 0.0662. The quantitative estimate of drug-likeness (QED) is 0.698. The number of hydrogen-bond donors (Lipinski definition) is 2. The summed E-state index contributed by atoms with van der Waals surface area (Å²) in [6, 6.07) is 14.8. The minimum Gasteiger partial charge on any atom is -0.348 e. The Morgan fingerprint density at radius 1 is 1.07 bits per heavy atom. The molecule has 1 heterocycles. The first-order valence-corrected chi connectivity index (χ1v) is 9.65. The number of H-pyrrole nitrogens is 1. The molecule has 1 amide bonds. The molecule has 2 aromatic carbocycles. The van der Waals surface area contributed by atoms with Crippen LogP contribution in [0, 0.1) is 0 Å². The second-order valence-corrected chi connectivity index (χ2v) is 8.36. The molecule has 0 aliphatic carbocycles. The summed E-state index contributed by atoms with van der Waals surface area (Å²) in [6.07, 6.45) is 0. The fourth-order valence-electron chi connectivity index (χ4n) is 2.59. The SMILES string of the molecule is CN(C)S(=O)(=O)c1ccc(C(=O)NCc2cc3ccccc3[nH]c2=O)cc1. The fourth-order valence-corrected chi connectivity index (χ4v) is 3.49. The second-order valence-electron chi connectivity index (χ2n) is 6.21. The van der Waals surface area contributed by atoms with Gasteiger partial charge in [-0.1, -0.05) is 18.2 Å². The van der Waals surface area contributed by atoms with Crippen molar-refractivity contribution in [2.24, 2.45) is 0 Å². The van der Waals surface area contributed by atoms with Crippen molar-refractivity contribution < 1.29 is 13.2 Å². The fraction of sp³-hybridized carbons (Fsp3) is 0.158. The molecule has 2 N–H and O–H groups in total. The van der Waals surface area contributed by atoms with Crippen LogP contribution in [0.5, 0.6) is 0 Å². The third-order valence-corrected chi connectivity index (χ3v) is 5.99. The number of aromatic amines is 1. The van der Waals surface area contributed by atoms with Gasteiger partial charge in [-0.2, -0.15) is 0 Å².